The lowest BCUT2D eigenvalue weighted by Crippen LogP contribution is -2.43. The second-order valence-corrected chi connectivity index (χ2v) is 8.71. The van der Waals surface area contributed by atoms with Crippen molar-refractivity contribution in [1.82, 2.24) is 4.31 Å². The topological polar surface area (TPSA) is 142 Å². The minimum absolute atomic E-state index is 0.0340. The van der Waals surface area contributed by atoms with Gasteiger partial charge in [0.25, 0.3) is 0 Å². The van der Waals surface area contributed by atoms with E-state index in [4.69, 9.17) is 14.6 Å². The maximum atomic E-state index is 13.2. The molecule has 1 saturated heterocycles. The summed E-state index contributed by atoms with van der Waals surface area (Å²) in [4.78, 5) is 23.8. The number of hydrogen-bond acceptors (Lipinski definition) is 7. The Balaban J connectivity index is 1.84. The van der Waals surface area contributed by atoms with Crippen LogP contribution in [0.25, 0.3) is 0 Å². The third-order valence-electron chi connectivity index (χ3n) is 4.96. The maximum absolute atomic E-state index is 13.2. The molecule has 166 valence electrons. The van der Waals surface area contributed by atoms with Crippen LogP contribution in [0.2, 0.25) is 0 Å². The zero-order valence-electron chi connectivity index (χ0n) is 16.9. The van der Waals surface area contributed by atoms with E-state index < -0.39 is 33.7 Å². The molecule has 1 fully saturated rings. The van der Waals surface area contributed by atoms with Gasteiger partial charge in [-0.3, -0.25) is 4.79 Å². The summed E-state index contributed by atoms with van der Waals surface area (Å²) in [6.45, 7) is 0.165. The summed E-state index contributed by atoms with van der Waals surface area (Å²) in [6.07, 6.45) is 0.811. The van der Waals surface area contributed by atoms with Gasteiger partial charge in [0.05, 0.1) is 19.1 Å². The molecule has 1 heterocycles. The number of carboxylic acids is 1. The zero-order chi connectivity index (χ0) is 22.8. The van der Waals surface area contributed by atoms with E-state index in [-0.39, 0.29) is 28.4 Å². The SMILES string of the molecule is COc1ccc(S(=O)(=O)N2CCCC2C(=O)Nc2ccc(C(=O)O)c(O)c2)cc1OC. The van der Waals surface area contributed by atoms with Gasteiger partial charge in [-0.05, 0) is 37.1 Å². The predicted octanol–water partition coefficient (Wildman–Crippen LogP) is 1.90. The number of aromatic carboxylic acids is 1. The molecule has 0 bridgehead atoms. The Morgan fingerprint density at radius 3 is 2.42 bits per heavy atom. The molecule has 0 spiro atoms. The Hall–Kier alpha value is -3.31. The highest BCUT2D eigenvalue weighted by atomic mass is 32.2. The van der Waals surface area contributed by atoms with Gasteiger partial charge < -0.3 is 25.0 Å². The molecule has 0 saturated carbocycles. The monoisotopic (exact) mass is 450 g/mol. The predicted molar refractivity (Wildman–Crippen MR) is 110 cm³/mol. The molecule has 11 heteroatoms. The molecule has 0 aromatic heterocycles. The van der Waals surface area contributed by atoms with Crippen molar-refractivity contribution in [1.29, 1.82) is 0 Å². The quantitative estimate of drug-likeness (QED) is 0.581. The lowest BCUT2D eigenvalue weighted by atomic mass is 10.1. The number of hydrogen-bond donors (Lipinski definition) is 3. The number of anilines is 1. The molecule has 3 rings (SSSR count). The average molecular weight is 450 g/mol. The Bertz CT molecular complexity index is 1120. The van der Waals surface area contributed by atoms with Crippen molar-refractivity contribution >= 4 is 27.6 Å². The fraction of sp³-hybridized carbons (Fsp3) is 0.300. The molecule has 31 heavy (non-hydrogen) atoms. The van der Waals surface area contributed by atoms with Crippen molar-refractivity contribution in [3.05, 3.63) is 42.0 Å². The van der Waals surface area contributed by atoms with Gasteiger partial charge in [-0.1, -0.05) is 0 Å². The van der Waals surface area contributed by atoms with Crippen LogP contribution in [0, 0.1) is 0 Å². The molecule has 0 aliphatic carbocycles. The number of nitrogens with zero attached hydrogens (tertiary/aromatic N) is 1. The number of methoxy groups -OCH3 is 2. The molecular weight excluding hydrogens is 428 g/mol. The van der Waals surface area contributed by atoms with Crippen LogP contribution in [0.15, 0.2) is 41.3 Å². The number of sulfonamides is 1. The first-order valence-corrected chi connectivity index (χ1v) is 10.7. The van der Waals surface area contributed by atoms with Gasteiger partial charge in [-0.15, -0.1) is 0 Å². The van der Waals surface area contributed by atoms with E-state index in [0.717, 1.165) is 16.4 Å². The van der Waals surface area contributed by atoms with Crippen LogP contribution in [0.1, 0.15) is 23.2 Å². The van der Waals surface area contributed by atoms with E-state index in [1.165, 1.54) is 38.5 Å². The molecule has 1 amide bonds. The highest BCUT2D eigenvalue weighted by Gasteiger charge is 2.39. The first kappa shape index (κ1) is 22.4. The number of carbonyl (C=O) groups excluding carboxylic acids is 1. The molecule has 1 aliphatic heterocycles. The summed E-state index contributed by atoms with van der Waals surface area (Å²) in [5, 5.41) is 21.3. The first-order chi connectivity index (χ1) is 14.7. The van der Waals surface area contributed by atoms with Crippen molar-refractivity contribution in [2.45, 2.75) is 23.8 Å². The molecule has 0 radical (unpaired) electrons. The van der Waals surface area contributed by atoms with Crippen LogP contribution >= 0.6 is 0 Å². The fourth-order valence-electron chi connectivity index (χ4n) is 3.42. The Morgan fingerprint density at radius 2 is 1.81 bits per heavy atom. The van der Waals surface area contributed by atoms with E-state index in [9.17, 15) is 23.1 Å². The van der Waals surface area contributed by atoms with E-state index in [1.54, 1.807) is 0 Å². The minimum Gasteiger partial charge on any atom is -0.507 e. The molecule has 1 aliphatic rings. The molecule has 2 aromatic carbocycles. The summed E-state index contributed by atoms with van der Waals surface area (Å²) in [5.74, 6) is -1.77. The number of phenols is 1. The highest BCUT2D eigenvalue weighted by molar-refractivity contribution is 7.89. The second kappa shape index (κ2) is 8.82. The number of amides is 1. The van der Waals surface area contributed by atoms with E-state index in [1.807, 2.05) is 0 Å². The smallest absolute Gasteiger partial charge is 0.339 e. The summed E-state index contributed by atoms with van der Waals surface area (Å²) in [6, 6.07) is 6.81. The third kappa shape index (κ3) is 4.42. The maximum Gasteiger partial charge on any atom is 0.339 e. The van der Waals surface area contributed by atoms with Crippen LogP contribution < -0.4 is 14.8 Å². The van der Waals surface area contributed by atoms with Gasteiger partial charge >= 0.3 is 5.97 Å². The van der Waals surface area contributed by atoms with Gasteiger partial charge in [0.2, 0.25) is 15.9 Å². The van der Waals surface area contributed by atoms with Crippen molar-refractivity contribution in [3.8, 4) is 17.2 Å². The fourth-order valence-corrected chi connectivity index (χ4v) is 5.09. The average Bonchev–Trinajstić information content (AvgIpc) is 3.24. The normalized spacial score (nSPS) is 16.6. The van der Waals surface area contributed by atoms with Gasteiger partial charge in [-0.2, -0.15) is 4.31 Å². The Morgan fingerprint density at radius 1 is 1.10 bits per heavy atom. The summed E-state index contributed by atoms with van der Waals surface area (Å²) in [7, 11) is -1.17. The van der Waals surface area contributed by atoms with Crippen LogP contribution in [-0.2, 0) is 14.8 Å². The molecule has 1 atom stereocenters. The number of rotatable bonds is 7. The Labute approximate surface area is 179 Å². The summed E-state index contributed by atoms with van der Waals surface area (Å²) >= 11 is 0. The number of ether oxygens (including phenoxy) is 2. The lowest BCUT2D eigenvalue weighted by molar-refractivity contribution is -0.119. The van der Waals surface area contributed by atoms with Crippen LogP contribution in [0.5, 0.6) is 17.2 Å². The number of aromatic hydroxyl groups is 1. The van der Waals surface area contributed by atoms with E-state index in [0.29, 0.717) is 18.6 Å². The minimum atomic E-state index is -4.00. The van der Waals surface area contributed by atoms with Crippen LogP contribution in [0.3, 0.4) is 0 Å². The zero-order valence-corrected chi connectivity index (χ0v) is 17.7. The van der Waals surface area contributed by atoms with Crippen molar-refractivity contribution in [2.24, 2.45) is 0 Å². The third-order valence-corrected chi connectivity index (χ3v) is 6.87. The highest BCUT2D eigenvalue weighted by Crippen LogP contribution is 2.33. The second-order valence-electron chi connectivity index (χ2n) is 6.82. The Kier molecular flexibility index (Phi) is 6.37. The number of benzene rings is 2. The molecular formula is C20H22N2O8S. The molecule has 1 unspecified atom stereocenters. The largest absolute Gasteiger partial charge is 0.507 e. The molecule has 3 N–H and O–H groups in total. The van der Waals surface area contributed by atoms with Gasteiger partial charge in [0.15, 0.2) is 11.5 Å². The van der Waals surface area contributed by atoms with Crippen molar-refractivity contribution in [2.75, 3.05) is 26.1 Å². The molecule has 2 aromatic rings. The van der Waals surface area contributed by atoms with Crippen molar-refractivity contribution < 1.29 is 37.7 Å². The van der Waals surface area contributed by atoms with E-state index >= 15 is 0 Å². The van der Waals surface area contributed by atoms with Crippen LogP contribution in [-0.4, -0.2) is 61.6 Å². The van der Waals surface area contributed by atoms with Gasteiger partial charge in [0.1, 0.15) is 17.4 Å². The number of carboxylic acid groups (broad SMARTS) is 1. The van der Waals surface area contributed by atoms with Crippen LogP contribution in [0.4, 0.5) is 5.69 Å². The summed E-state index contributed by atoms with van der Waals surface area (Å²) < 4.78 is 37.8. The van der Waals surface area contributed by atoms with Gasteiger partial charge in [0, 0.05) is 24.4 Å². The summed E-state index contributed by atoms with van der Waals surface area (Å²) in [5.41, 5.74) is -0.153. The van der Waals surface area contributed by atoms with Crippen molar-refractivity contribution in [3.63, 3.8) is 0 Å². The molecule has 10 nitrogen and oxygen atoms in total. The van der Waals surface area contributed by atoms with Gasteiger partial charge in [-0.25, -0.2) is 13.2 Å². The number of nitrogens with one attached hydrogen (secondary N) is 1. The first-order valence-electron chi connectivity index (χ1n) is 9.30. The number of carbonyl (C=O) groups is 2. The lowest BCUT2D eigenvalue weighted by Gasteiger charge is -2.24. The standard InChI is InChI=1S/C20H22N2O8S/c1-29-17-8-6-13(11-18(17)30-2)31(27,28)22-9-3-4-15(22)19(24)21-12-5-7-14(20(25)26)16(23)10-12/h5-8,10-11,15,23H,3-4,9H2,1-2H3,(H,21,24)(H,25,26). The van der Waals surface area contributed by atoms with E-state index in [2.05, 4.69) is 5.32 Å².